The highest BCUT2D eigenvalue weighted by molar-refractivity contribution is 9.10. The summed E-state index contributed by atoms with van der Waals surface area (Å²) < 4.78 is 12.1. The van der Waals surface area contributed by atoms with E-state index in [2.05, 4.69) is 45.2 Å². The monoisotopic (exact) mass is 356 g/mol. The van der Waals surface area contributed by atoms with E-state index >= 15 is 0 Å². The third-order valence-corrected chi connectivity index (χ3v) is 4.56. The SMILES string of the molecule is CCCNCC1COCCN1Cc1cc(OC)ccc1Br. The second kappa shape index (κ2) is 8.73. The van der Waals surface area contributed by atoms with Gasteiger partial charge in [-0.05, 0) is 36.7 Å². The number of benzene rings is 1. The average molecular weight is 357 g/mol. The molecule has 1 aliphatic heterocycles. The maximum atomic E-state index is 5.64. The minimum Gasteiger partial charge on any atom is -0.497 e. The molecule has 1 unspecified atom stereocenters. The van der Waals surface area contributed by atoms with Gasteiger partial charge in [0.25, 0.3) is 0 Å². The summed E-state index contributed by atoms with van der Waals surface area (Å²) in [5.41, 5.74) is 1.26. The van der Waals surface area contributed by atoms with Crippen molar-refractivity contribution in [3.05, 3.63) is 28.2 Å². The van der Waals surface area contributed by atoms with Gasteiger partial charge in [0.05, 0.1) is 20.3 Å². The Labute approximate surface area is 135 Å². The molecule has 2 rings (SSSR count). The number of nitrogens with one attached hydrogen (secondary N) is 1. The number of rotatable bonds is 7. The zero-order valence-electron chi connectivity index (χ0n) is 12.9. The van der Waals surface area contributed by atoms with Gasteiger partial charge in [0.1, 0.15) is 5.75 Å². The van der Waals surface area contributed by atoms with E-state index in [9.17, 15) is 0 Å². The summed E-state index contributed by atoms with van der Waals surface area (Å²) in [6.07, 6.45) is 1.16. The maximum absolute atomic E-state index is 5.64. The molecule has 1 fully saturated rings. The number of nitrogens with zero attached hydrogens (tertiary/aromatic N) is 1. The Kier molecular flexibility index (Phi) is 6.96. The van der Waals surface area contributed by atoms with Crippen LogP contribution in [0.1, 0.15) is 18.9 Å². The minimum absolute atomic E-state index is 0.434. The van der Waals surface area contributed by atoms with E-state index in [4.69, 9.17) is 9.47 Å². The standard InChI is InChI=1S/C16H25BrN2O2/c1-3-6-18-10-14-12-21-8-7-19(14)11-13-9-15(20-2)4-5-16(13)17/h4-5,9,14,18H,3,6-8,10-12H2,1-2H3. The summed E-state index contributed by atoms with van der Waals surface area (Å²) >= 11 is 3.64. The number of halogens is 1. The van der Waals surface area contributed by atoms with Crippen LogP contribution in [0.15, 0.2) is 22.7 Å². The van der Waals surface area contributed by atoms with Crippen molar-refractivity contribution in [3.8, 4) is 5.75 Å². The number of hydrogen-bond acceptors (Lipinski definition) is 4. The van der Waals surface area contributed by atoms with Crippen LogP contribution in [-0.4, -0.2) is 50.9 Å². The molecule has 0 aromatic heterocycles. The fourth-order valence-corrected chi connectivity index (χ4v) is 2.92. The van der Waals surface area contributed by atoms with Gasteiger partial charge in [0.2, 0.25) is 0 Å². The van der Waals surface area contributed by atoms with Gasteiger partial charge in [-0.1, -0.05) is 22.9 Å². The first kappa shape index (κ1) is 16.7. The first-order chi connectivity index (χ1) is 10.2. The molecule has 118 valence electrons. The van der Waals surface area contributed by atoms with Gasteiger partial charge in [-0.15, -0.1) is 0 Å². The van der Waals surface area contributed by atoms with Crippen LogP contribution < -0.4 is 10.1 Å². The van der Waals surface area contributed by atoms with E-state index < -0.39 is 0 Å². The van der Waals surface area contributed by atoms with Crippen molar-refractivity contribution in [3.63, 3.8) is 0 Å². The molecule has 1 saturated heterocycles. The summed E-state index contributed by atoms with van der Waals surface area (Å²) in [6, 6.07) is 6.57. The Hall–Kier alpha value is -0.620. The molecule has 0 radical (unpaired) electrons. The fraction of sp³-hybridized carbons (Fsp3) is 0.625. The molecule has 0 amide bonds. The van der Waals surface area contributed by atoms with Crippen molar-refractivity contribution in [2.24, 2.45) is 0 Å². The van der Waals surface area contributed by atoms with Gasteiger partial charge in [-0.2, -0.15) is 0 Å². The summed E-state index contributed by atoms with van der Waals surface area (Å²) in [7, 11) is 1.71. The molecule has 0 saturated carbocycles. The molecule has 0 spiro atoms. The third-order valence-electron chi connectivity index (χ3n) is 3.78. The van der Waals surface area contributed by atoms with Gasteiger partial charge >= 0.3 is 0 Å². The molecule has 1 aromatic carbocycles. The Morgan fingerprint density at radius 2 is 2.33 bits per heavy atom. The molecule has 4 nitrogen and oxygen atoms in total. The lowest BCUT2D eigenvalue weighted by Crippen LogP contribution is -2.49. The molecule has 1 heterocycles. The van der Waals surface area contributed by atoms with E-state index in [0.717, 1.165) is 56.0 Å². The largest absolute Gasteiger partial charge is 0.497 e. The van der Waals surface area contributed by atoms with Crippen LogP contribution in [0.25, 0.3) is 0 Å². The normalized spacial score (nSPS) is 19.7. The predicted octanol–water partition coefficient (Wildman–Crippen LogP) is 2.66. The number of morpholine rings is 1. The summed E-state index contributed by atoms with van der Waals surface area (Å²) in [5, 5.41) is 3.50. The summed E-state index contributed by atoms with van der Waals surface area (Å²) in [4.78, 5) is 2.49. The van der Waals surface area contributed by atoms with Gasteiger partial charge < -0.3 is 14.8 Å². The zero-order valence-corrected chi connectivity index (χ0v) is 14.5. The van der Waals surface area contributed by atoms with Crippen molar-refractivity contribution in [1.29, 1.82) is 0 Å². The highest BCUT2D eigenvalue weighted by atomic mass is 79.9. The number of ether oxygens (including phenoxy) is 2. The molecular weight excluding hydrogens is 332 g/mol. The van der Waals surface area contributed by atoms with Gasteiger partial charge in [-0.3, -0.25) is 4.90 Å². The third kappa shape index (κ3) is 4.95. The lowest BCUT2D eigenvalue weighted by Gasteiger charge is -2.36. The average Bonchev–Trinajstić information content (AvgIpc) is 2.51. The van der Waals surface area contributed by atoms with Crippen molar-refractivity contribution in [1.82, 2.24) is 10.2 Å². The molecule has 21 heavy (non-hydrogen) atoms. The Bertz CT molecular complexity index is 442. The molecular formula is C16H25BrN2O2. The topological polar surface area (TPSA) is 33.7 Å². The highest BCUT2D eigenvalue weighted by Gasteiger charge is 2.23. The molecule has 1 aliphatic rings. The number of hydrogen-bond donors (Lipinski definition) is 1. The lowest BCUT2D eigenvalue weighted by atomic mass is 10.1. The van der Waals surface area contributed by atoms with Crippen LogP contribution in [0.5, 0.6) is 5.75 Å². The van der Waals surface area contributed by atoms with Gasteiger partial charge in [-0.25, -0.2) is 0 Å². The number of methoxy groups -OCH3 is 1. The van der Waals surface area contributed by atoms with E-state index in [1.165, 1.54) is 5.56 Å². The molecule has 0 aliphatic carbocycles. The van der Waals surface area contributed by atoms with E-state index in [0.29, 0.717) is 6.04 Å². The highest BCUT2D eigenvalue weighted by Crippen LogP contribution is 2.25. The van der Waals surface area contributed by atoms with Crippen molar-refractivity contribution in [2.45, 2.75) is 25.9 Å². The minimum atomic E-state index is 0.434. The van der Waals surface area contributed by atoms with E-state index in [-0.39, 0.29) is 0 Å². The molecule has 1 atom stereocenters. The van der Waals surface area contributed by atoms with Crippen LogP contribution >= 0.6 is 15.9 Å². The van der Waals surface area contributed by atoms with Crippen LogP contribution in [-0.2, 0) is 11.3 Å². The van der Waals surface area contributed by atoms with E-state index in [1.54, 1.807) is 7.11 Å². The van der Waals surface area contributed by atoms with Crippen LogP contribution in [0, 0.1) is 0 Å². The summed E-state index contributed by atoms with van der Waals surface area (Å²) in [5.74, 6) is 0.905. The quantitative estimate of drug-likeness (QED) is 0.761. The Balaban J connectivity index is 2.01. The summed E-state index contributed by atoms with van der Waals surface area (Å²) in [6.45, 7) is 7.74. The first-order valence-electron chi connectivity index (χ1n) is 7.59. The Morgan fingerprint density at radius 3 is 3.10 bits per heavy atom. The van der Waals surface area contributed by atoms with Crippen molar-refractivity contribution >= 4 is 15.9 Å². The van der Waals surface area contributed by atoms with E-state index in [1.807, 2.05) is 6.07 Å². The van der Waals surface area contributed by atoms with Gasteiger partial charge in [0, 0.05) is 30.1 Å². The van der Waals surface area contributed by atoms with Crippen LogP contribution in [0.2, 0.25) is 0 Å². The smallest absolute Gasteiger partial charge is 0.119 e. The molecule has 1 aromatic rings. The fourth-order valence-electron chi connectivity index (χ4n) is 2.55. The van der Waals surface area contributed by atoms with Crippen molar-refractivity contribution in [2.75, 3.05) is 40.0 Å². The zero-order chi connectivity index (χ0) is 15.1. The molecule has 0 bridgehead atoms. The second-order valence-corrected chi connectivity index (χ2v) is 6.22. The van der Waals surface area contributed by atoms with Crippen LogP contribution in [0.3, 0.4) is 0 Å². The lowest BCUT2D eigenvalue weighted by molar-refractivity contribution is -0.0109. The van der Waals surface area contributed by atoms with Crippen LogP contribution in [0.4, 0.5) is 0 Å². The van der Waals surface area contributed by atoms with Gasteiger partial charge in [0.15, 0.2) is 0 Å². The predicted molar refractivity (Wildman–Crippen MR) is 88.9 cm³/mol. The molecule has 1 N–H and O–H groups in total. The Morgan fingerprint density at radius 1 is 1.48 bits per heavy atom. The van der Waals surface area contributed by atoms with Crippen molar-refractivity contribution < 1.29 is 9.47 Å². The first-order valence-corrected chi connectivity index (χ1v) is 8.38. The molecule has 5 heteroatoms. The second-order valence-electron chi connectivity index (χ2n) is 5.36. The maximum Gasteiger partial charge on any atom is 0.119 e.